The molecule has 6 aliphatic rings. The van der Waals surface area contributed by atoms with Crippen molar-refractivity contribution in [1.29, 1.82) is 0 Å². The van der Waals surface area contributed by atoms with Gasteiger partial charge < -0.3 is 9.80 Å². The maximum atomic E-state index is 12.9. The molecule has 1 N–H and O–H groups in total. The third kappa shape index (κ3) is 5.30. The number of nitrogens with one attached hydrogen (secondary N) is 1. The van der Waals surface area contributed by atoms with Crippen LogP contribution >= 0.6 is 11.8 Å². The van der Waals surface area contributed by atoms with E-state index in [1.54, 1.807) is 4.90 Å². The fraction of sp³-hybridized carbons (Fsp3) is 0.710. The summed E-state index contributed by atoms with van der Waals surface area (Å²) in [6.45, 7) is 1.72. The van der Waals surface area contributed by atoms with Crippen LogP contribution in [0.15, 0.2) is 23.1 Å². The van der Waals surface area contributed by atoms with Crippen LogP contribution in [-0.2, 0) is 16.1 Å². The summed E-state index contributed by atoms with van der Waals surface area (Å²) in [5.74, 6) is 3.47. The van der Waals surface area contributed by atoms with Gasteiger partial charge in [-0.3, -0.25) is 19.7 Å². The van der Waals surface area contributed by atoms with Gasteiger partial charge in [-0.1, -0.05) is 19.3 Å². The Kier molecular flexibility index (Phi) is 7.60. The highest BCUT2D eigenvalue weighted by Gasteiger charge is 2.52. The average Bonchev–Trinajstić information content (AvgIpc) is 3.20. The van der Waals surface area contributed by atoms with Crippen LogP contribution in [0.1, 0.15) is 99.4 Å². The third-order valence-corrected chi connectivity index (χ3v) is 11.3. The molecule has 1 unspecified atom stereocenters. The number of carbonyl (C=O) groups excluding carboxylic acids is 3. The van der Waals surface area contributed by atoms with E-state index in [0.29, 0.717) is 24.1 Å². The Labute approximate surface area is 231 Å². The van der Waals surface area contributed by atoms with Gasteiger partial charge in [-0.05, 0) is 119 Å². The number of rotatable bonds is 11. The third-order valence-electron chi connectivity index (χ3n) is 10.2. The van der Waals surface area contributed by atoms with Gasteiger partial charge in [0.2, 0.25) is 11.8 Å². The molecule has 0 spiro atoms. The van der Waals surface area contributed by atoms with E-state index in [2.05, 4.69) is 23.3 Å². The highest BCUT2D eigenvalue weighted by molar-refractivity contribution is 7.99. The highest BCUT2D eigenvalue weighted by Crippen LogP contribution is 2.57. The molecule has 3 amide bonds. The molecule has 0 aromatic heterocycles. The molecule has 206 valence electrons. The SMILES string of the molecule is CN(CCCCCCCSc1ccc2c(c1)CN(C1CCC(=O)NC1=O)C2=O)C12CC3CC(CC(C3)C1)C2. The fourth-order valence-electron chi connectivity index (χ4n) is 8.58. The number of imide groups is 1. The topological polar surface area (TPSA) is 69.7 Å². The Bertz CT molecular complexity index is 1050. The summed E-state index contributed by atoms with van der Waals surface area (Å²) in [5, 5.41) is 2.37. The van der Waals surface area contributed by atoms with Gasteiger partial charge in [-0.2, -0.15) is 0 Å². The molecule has 5 fully saturated rings. The molecule has 4 aliphatic carbocycles. The molecule has 6 nitrogen and oxygen atoms in total. The first-order valence-corrected chi connectivity index (χ1v) is 16.0. The van der Waals surface area contributed by atoms with Crippen LogP contribution in [-0.4, -0.2) is 58.4 Å². The summed E-state index contributed by atoms with van der Waals surface area (Å²) in [6, 6.07) is 5.52. The van der Waals surface area contributed by atoms with Crippen molar-refractivity contribution in [2.45, 2.75) is 106 Å². The number of thioether (sulfide) groups is 1. The molecule has 4 saturated carbocycles. The summed E-state index contributed by atoms with van der Waals surface area (Å²) in [6.07, 6.45) is 16.1. The standard InChI is InChI=1S/C31H43N3O3S/c1-33(31-17-21-13-22(18-31)15-23(14-21)19-31)11-5-3-2-4-6-12-38-25-7-8-26-24(16-25)20-34(30(26)37)27-9-10-28(35)32-29(27)36/h7-8,16,21-23,27H,2-6,9-15,17-20H2,1H3,(H,32,35,36). The average molecular weight is 538 g/mol. The number of carbonyl (C=O) groups is 3. The minimum atomic E-state index is -0.545. The van der Waals surface area contributed by atoms with Gasteiger partial charge in [0, 0.05) is 29.0 Å². The lowest BCUT2D eigenvalue weighted by Crippen LogP contribution is -2.58. The lowest BCUT2D eigenvalue weighted by molar-refractivity contribution is -0.136. The summed E-state index contributed by atoms with van der Waals surface area (Å²) in [7, 11) is 2.41. The van der Waals surface area contributed by atoms with Gasteiger partial charge in [0.1, 0.15) is 6.04 Å². The first-order valence-electron chi connectivity index (χ1n) is 15.0. The van der Waals surface area contributed by atoms with Crippen LogP contribution in [0.3, 0.4) is 0 Å². The van der Waals surface area contributed by atoms with Crippen LogP contribution in [0, 0.1) is 17.8 Å². The molecule has 0 radical (unpaired) electrons. The molecule has 7 rings (SSSR count). The second-order valence-corrected chi connectivity index (χ2v) is 14.1. The smallest absolute Gasteiger partial charge is 0.255 e. The Balaban J connectivity index is 0.884. The second-order valence-electron chi connectivity index (χ2n) is 12.9. The minimum absolute atomic E-state index is 0.0973. The Morgan fingerprint density at radius 1 is 0.974 bits per heavy atom. The van der Waals surface area contributed by atoms with E-state index in [1.807, 2.05) is 23.9 Å². The first-order chi connectivity index (χ1) is 18.4. The molecular formula is C31H43N3O3S. The maximum absolute atomic E-state index is 12.9. The van der Waals surface area contributed by atoms with Crippen molar-refractivity contribution < 1.29 is 14.4 Å². The van der Waals surface area contributed by atoms with Gasteiger partial charge in [0.05, 0.1) is 0 Å². The van der Waals surface area contributed by atoms with Crippen molar-refractivity contribution in [3.05, 3.63) is 29.3 Å². The summed E-state index contributed by atoms with van der Waals surface area (Å²) >= 11 is 1.86. The largest absolute Gasteiger partial charge is 0.322 e. The number of unbranched alkanes of at least 4 members (excludes halogenated alkanes) is 4. The fourth-order valence-corrected chi connectivity index (χ4v) is 9.56. The molecule has 1 atom stereocenters. The van der Waals surface area contributed by atoms with E-state index < -0.39 is 6.04 Å². The van der Waals surface area contributed by atoms with Crippen molar-refractivity contribution in [2.24, 2.45) is 17.8 Å². The van der Waals surface area contributed by atoms with Gasteiger partial charge in [-0.15, -0.1) is 11.8 Å². The van der Waals surface area contributed by atoms with Gasteiger partial charge in [0.25, 0.3) is 5.91 Å². The van der Waals surface area contributed by atoms with Crippen LogP contribution in [0.2, 0.25) is 0 Å². The molecule has 38 heavy (non-hydrogen) atoms. The monoisotopic (exact) mass is 537 g/mol. The van der Waals surface area contributed by atoms with Crippen molar-refractivity contribution in [1.82, 2.24) is 15.1 Å². The molecular weight excluding hydrogens is 494 g/mol. The minimum Gasteiger partial charge on any atom is -0.322 e. The van der Waals surface area contributed by atoms with Gasteiger partial charge in [-0.25, -0.2) is 0 Å². The predicted octanol–water partition coefficient (Wildman–Crippen LogP) is 5.39. The molecule has 2 heterocycles. The van der Waals surface area contributed by atoms with Gasteiger partial charge >= 0.3 is 0 Å². The number of hydrogen-bond acceptors (Lipinski definition) is 5. The zero-order valence-electron chi connectivity index (χ0n) is 22.9. The number of benzene rings is 1. The van der Waals surface area contributed by atoms with Crippen LogP contribution in [0.4, 0.5) is 0 Å². The van der Waals surface area contributed by atoms with Crippen molar-refractivity contribution in [3.63, 3.8) is 0 Å². The first kappa shape index (κ1) is 26.4. The van der Waals surface area contributed by atoms with E-state index >= 15 is 0 Å². The molecule has 1 aromatic rings. The van der Waals surface area contributed by atoms with E-state index in [0.717, 1.165) is 29.1 Å². The molecule has 1 aromatic carbocycles. The van der Waals surface area contributed by atoms with Gasteiger partial charge in [0.15, 0.2) is 0 Å². The van der Waals surface area contributed by atoms with E-state index in [1.165, 1.54) is 82.1 Å². The van der Waals surface area contributed by atoms with E-state index in [9.17, 15) is 14.4 Å². The molecule has 1 saturated heterocycles. The van der Waals surface area contributed by atoms with Crippen LogP contribution in [0.25, 0.3) is 0 Å². The normalized spacial score (nSPS) is 31.8. The number of piperidine rings is 1. The van der Waals surface area contributed by atoms with E-state index in [-0.39, 0.29) is 24.1 Å². The van der Waals surface area contributed by atoms with E-state index in [4.69, 9.17) is 0 Å². The lowest BCUT2D eigenvalue weighted by Gasteiger charge is -2.60. The zero-order chi connectivity index (χ0) is 26.3. The summed E-state index contributed by atoms with van der Waals surface area (Å²) in [5.41, 5.74) is 2.23. The van der Waals surface area contributed by atoms with Crippen LogP contribution < -0.4 is 5.32 Å². The quantitative estimate of drug-likeness (QED) is 0.233. The maximum Gasteiger partial charge on any atom is 0.255 e. The Morgan fingerprint density at radius 3 is 2.37 bits per heavy atom. The van der Waals surface area contributed by atoms with Crippen LogP contribution in [0.5, 0.6) is 0 Å². The molecule has 4 bridgehead atoms. The summed E-state index contributed by atoms with van der Waals surface area (Å²) in [4.78, 5) is 42.2. The lowest BCUT2D eigenvalue weighted by atomic mass is 9.52. The Morgan fingerprint density at radius 2 is 1.66 bits per heavy atom. The number of hydrogen-bond donors (Lipinski definition) is 1. The molecule has 2 aliphatic heterocycles. The second kappa shape index (κ2) is 11.0. The summed E-state index contributed by atoms with van der Waals surface area (Å²) < 4.78 is 0. The zero-order valence-corrected chi connectivity index (χ0v) is 23.7. The van der Waals surface area contributed by atoms with Crippen molar-refractivity contribution in [2.75, 3.05) is 19.3 Å². The Hall–Kier alpha value is -1.86. The highest BCUT2D eigenvalue weighted by atomic mass is 32.2. The number of nitrogens with zero attached hydrogens (tertiary/aromatic N) is 2. The number of fused-ring (bicyclic) bond motifs is 1. The number of amides is 3. The predicted molar refractivity (Wildman–Crippen MR) is 150 cm³/mol. The van der Waals surface area contributed by atoms with Crippen molar-refractivity contribution in [3.8, 4) is 0 Å². The van der Waals surface area contributed by atoms with Crippen molar-refractivity contribution >= 4 is 29.5 Å². The molecule has 7 heteroatoms.